The van der Waals surface area contributed by atoms with Crippen molar-refractivity contribution in [1.82, 2.24) is 9.78 Å². The van der Waals surface area contributed by atoms with Crippen LogP contribution in [0, 0.1) is 5.82 Å². The van der Waals surface area contributed by atoms with Gasteiger partial charge in [0.15, 0.2) is 6.61 Å². The fourth-order valence-electron chi connectivity index (χ4n) is 2.71. The number of halogens is 1. The van der Waals surface area contributed by atoms with E-state index in [9.17, 15) is 9.18 Å². The molecule has 2 aromatic rings. The fraction of sp³-hybridized carbons (Fsp3) is 0.375. The largest absolute Gasteiger partial charge is 0.484 e. The van der Waals surface area contributed by atoms with E-state index < -0.39 is 0 Å². The molecule has 1 amide bonds. The molecule has 3 rings (SSSR count). The van der Waals surface area contributed by atoms with Gasteiger partial charge in [-0.1, -0.05) is 12.8 Å². The van der Waals surface area contributed by atoms with E-state index in [1.54, 1.807) is 12.3 Å². The number of carbonyl (C=O) groups excluding carboxylic acids is 1. The van der Waals surface area contributed by atoms with Crippen molar-refractivity contribution < 1.29 is 13.9 Å². The van der Waals surface area contributed by atoms with Crippen LogP contribution in [-0.2, 0) is 4.79 Å². The summed E-state index contributed by atoms with van der Waals surface area (Å²) < 4.78 is 20.0. The van der Waals surface area contributed by atoms with Crippen LogP contribution in [0.2, 0.25) is 0 Å². The Morgan fingerprint density at radius 2 is 2.00 bits per heavy atom. The number of anilines is 1. The molecule has 0 aliphatic heterocycles. The zero-order valence-corrected chi connectivity index (χ0v) is 12.2. The molecule has 0 radical (unpaired) electrons. The molecule has 116 valence electrons. The first-order valence-electron chi connectivity index (χ1n) is 7.44. The summed E-state index contributed by atoms with van der Waals surface area (Å²) >= 11 is 0. The van der Waals surface area contributed by atoms with Crippen molar-refractivity contribution in [1.29, 1.82) is 0 Å². The molecule has 6 heteroatoms. The van der Waals surface area contributed by atoms with Crippen LogP contribution in [0.1, 0.15) is 31.7 Å². The molecular weight excluding hydrogens is 285 g/mol. The highest BCUT2D eigenvalue weighted by molar-refractivity contribution is 5.91. The van der Waals surface area contributed by atoms with E-state index in [1.807, 2.05) is 4.68 Å². The summed E-state index contributed by atoms with van der Waals surface area (Å²) in [5.41, 5.74) is 0. The van der Waals surface area contributed by atoms with Gasteiger partial charge in [0.2, 0.25) is 0 Å². The Bertz CT molecular complexity index is 633. The molecule has 0 bridgehead atoms. The number of benzene rings is 1. The minimum absolute atomic E-state index is 0.124. The highest BCUT2D eigenvalue weighted by atomic mass is 19.1. The number of amides is 1. The Morgan fingerprint density at radius 3 is 2.73 bits per heavy atom. The van der Waals surface area contributed by atoms with Crippen molar-refractivity contribution in [3.05, 3.63) is 42.3 Å². The van der Waals surface area contributed by atoms with Gasteiger partial charge >= 0.3 is 0 Å². The molecular formula is C16H18FN3O2. The van der Waals surface area contributed by atoms with E-state index in [2.05, 4.69) is 10.4 Å². The zero-order chi connectivity index (χ0) is 15.4. The number of carbonyl (C=O) groups is 1. The van der Waals surface area contributed by atoms with E-state index in [0.29, 0.717) is 17.6 Å². The number of nitrogens with zero attached hydrogens (tertiary/aromatic N) is 2. The maximum Gasteiger partial charge on any atom is 0.263 e. The number of hydrogen-bond donors (Lipinski definition) is 1. The van der Waals surface area contributed by atoms with Gasteiger partial charge in [-0.05, 0) is 37.1 Å². The monoisotopic (exact) mass is 303 g/mol. The highest BCUT2D eigenvalue weighted by Gasteiger charge is 2.20. The van der Waals surface area contributed by atoms with Gasteiger partial charge in [0.05, 0.1) is 12.2 Å². The Morgan fingerprint density at radius 1 is 1.27 bits per heavy atom. The van der Waals surface area contributed by atoms with Crippen molar-refractivity contribution in [2.45, 2.75) is 31.7 Å². The third-order valence-electron chi connectivity index (χ3n) is 3.79. The average Bonchev–Trinajstić information content (AvgIpc) is 3.17. The summed E-state index contributed by atoms with van der Waals surface area (Å²) in [4.78, 5) is 12.0. The lowest BCUT2D eigenvalue weighted by atomic mass is 10.2. The summed E-state index contributed by atoms with van der Waals surface area (Å²) in [5, 5.41) is 7.11. The number of aromatic nitrogens is 2. The van der Waals surface area contributed by atoms with Crippen LogP contribution < -0.4 is 10.1 Å². The Kier molecular flexibility index (Phi) is 4.37. The first-order chi connectivity index (χ1) is 10.7. The van der Waals surface area contributed by atoms with Gasteiger partial charge in [0, 0.05) is 6.07 Å². The number of rotatable bonds is 5. The maximum absolute atomic E-state index is 12.8. The molecule has 1 aromatic carbocycles. The maximum atomic E-state index is 12.8. The van der Waals surface area contributed by atoms with E-state index in [1.165, 1.54) is 37.1 Å². The van der Waals surface area contributed by atoms with Gasteiger partial charge < -0.3 is 10.1 Å². The van der Waals surface area contributed by atoms with Crippen LogP contribution in [0.5, 0.6) is 5.75 Å². The summed E-state index contributed by atoms with van der Waals surface area (Å²) in [7, 11) is 0. The highest BCUT2D eigenvalue weighted by Crippen LogP contribution is 2.31. The molecule has 0 unspecified atom stereocenters. The molecule has 0 spiro atoms. The zero-order valence-electron chi connectivity index (χ0n) is 12.2. The van der Waals surface area contributed by atoms with Gasteiger partial charge in [-0.3, -0.25) is 4.79 Å². The lowest BCUT2D eigenvalue weighted by Crippen LogP contribution is -2.23. The van der Waals surface area contributed by atoms with Crippen LogP contribution in [0.4, 0.5) is 10.2 Å². The SMILES string of the molecule is O=C(COc1ccc(F)cc1)Nc1ccnn1C1CCCC1. The first kappa shape index (κ1) is 14.6. The molecule has 0 saturated heterocycles. The first-order valence-corrected chi connectivity index (χ1v) is 7.44. The number of ether oxygens (including phenoxy) is 1. The molecule has 5 nitrogen and oxygen atoms in total. The molecule has 1 heterocycles. The molecule has 22 heavy (non-hydrogen) atoms. The van der Waals surface area contributed by atoms with E-state index >= 15 is 0 Å². The molecule has 1 aromatic heterocycles. The van der Waals surface area contributed by atoms with E-state index in [0.717, 1.165) is 12.8 Å². The topological polar surface area (TPSA) is 56.1 Å². The van der Waals surface area contributed by atoms with Gasteiger partial charge in [-0.25, -0.2) is 9.07 Å². The summed E-state index contributed by atoms with van der Waals surface area (Å²) in [6.07, 6.45) is 6.28. The normalized spacial score (nSPS) is 15.0. The van der Waals surface area contributed by atoms with Gasteiger partial charge in [0.1, 0.15) is 17.4 Å². The second-order valence-electron chi connectivity index (χ2n) is 5.39. The molecule has 1 fully saturated rings. The Hall–Kier alpha value is -2.37. The van der Waals surface area contributed by atoms with Crippen molar-refractivity contribution in [2.75, 3.05) is 11.9 Å². The van der Waals surface area contributed by atoms with Crippen molar-refractivity contribution in [2.24, 2.45) is 0 Å². The smallest absolute Gasteiger partial charge is 0.263 e. The quantitative estimate of drug-likeness (QED) is 0.923. The summed E-state index contributed by atoms with van der Waals surface area (Å²) in [6.45, 7) is -0.124. The molecule has 1 aliphatic rings. The predicted octanol–water partition coefficient (Wildman–Crippen LogP) is 3.15. The van der Waals surface area contributed by atoms with Crippen LogP contribution in [0.3, 0.4) is 0 Å². The van der Waals surface area contributed by atoms with Gasteiger partial charge in [0.25, 0.3) is 5.91 Å². The predicted molar refractivity (Wildman–Crippen MR) is 80.3 cm³/mol. The minimum atomic E-state index is -0.336. The molecule has 1 saturated carbocycles. The van der Waals surface area contributed by atoms with Crippen LogP contribution in [-0.4, -0.2) is 22.3 Å². The lowest BCUT2D eigenvalue weighted by Gasteiger charge is -2.14. The average molecular weight is 303 g/mol. The third-order valence-corrected chi connectivity index (χ3v) is 3.79. The van der Waals surface area contributed by atoms with Crippen molar-refractivity contribution in [3.8, 4) is 5.75 Å². The minimum Gasteiger partial charge on any atom is -0.484 e. The van der Waals surface area contributed by atoms with E-state index in [4.69, 9.17) is 4.74 Å². The summed E-state index contributed by atoms with van der Waals surface area (Å²) in [6, 6.07) is 7.72. The summed E-state index contributed by atoms with van der Waals surface area (Å²) in [5.74, 6) is 0.557. The second-order valence-corrected chi connectivity index (χ2v) is 5.39. The van der Waals surface area contributed by atoms with Gasteiger partial charge in [-0.2, -0.15) is 5.10 Å². The van der Waals surface area contributed by atoms with Gasteiger partial charge in [-0.15, -0.1) is 0 Å². The Labute approximate surface area is 128 Å². The Balaban J connectivity index is 1.55. The van der Waals surface area contributed by atoms with E-state index in [-0.39, 0.29) is 18.3 Å². The number of nitrogens with one attached hydrogen (secondary N) is 1. The van der Waals surface area contributed by atoms with Crippen molar-refractivity contribution >= 4 is 11.7 Å². The molecule has 0 atom stereocenters. The van der Waals surface area contributed by atoms with Crippen LogP contribution in [0.15, 0.2) is 36.5 Å². The lowest BCUT2D eigenvalue weighted by molar-refractivity contribution is -0.118. The van der Waals surface area contributed by atoms with Crippen LogP contribution >= 0.6 is 0 Å². The fourth-order valence-corrected chi connectivity index (χ4v) is 2.71. The molecule has 1 N–H and O–H groups in total. The standard InChI is InChI=1S/C16H18FN3O2/c17-12-5-7-14(8-6-12)22-11-16(21)19-15-9-10-18-20(15)13-3-1-2-4-13/h5-10,13H,1-4,11H2,(H,19,21). The second kappa shape index (κ2) is 6.60. The van der Waals surface area contributed by atoms with Crippen LogP contribution in [0.25, 0.3) is 0 Å². The molecule has 1 aliphatic carbocycles. The van der Waals surface area contributed by atoms with Crippen molar-refractivity contribution in [3.63, 3.8) is 0 Å². The number of hydrogen-bond acceptors (Lipinski definition) is 3. The third kappa shape index (κ3) is 3.44.